The number of nitrogens with zero attached hydrogens (tertiary/aromatic N) is 3. The normalized spacial score (nSPS) is 17.6. The lowest BCUT2D eigenvalue weighted by Crippen LogP contribution is -2.40. The highest BCUT2D eigenvalue weighted by Gasteiger charge is 2.29. The standard InChI is InChI=1S/C25H34N4O9S3/c1-37-24-11-10-22(41(35,36)27-12-4-3-5-13-27)18-23(24)26-25(30)19-29(39(2,31)32)20-6-8-21(9-7-20)40(33,34)28-14-16-38-17-15-28/h6-11,18H,3-5,12-17,19H2,1-2H3,(H,26,30). The predicted molar refractivity (Wildman–Crippen MR) is 152 cm³/mol. The Morgan fingerprint density at radius 1 is 0.854 bits per heavy atom. The molecule has 226 valence electrons. The first kappa shape index (κ1) is 31.2. The molecule has 0 aromatic heterocycles. The van der Waals surface area contributed by atoms with Crippen LogP contribution in [0.1, 0.15) is 19.3 Å². The van der Waals surface area contributed by atoms with Crippen molar-refractivity contribution in [3.05, 3.63) is 42.5 Å². The number of rotatable bonds is 10. The van der Waals surface area contributed by atoms with Crippen LogP contribution >= 0.6 is 0 Å². The van der Waals surface area contributed by atoms with Gasteiger partial charge in [0.1, 0.15) is 12.3 Å². The number of carbonyl (C=O) groups excluding carboxylic acids is 1. The molecule has 2 aliphatic heterocycles. The van der Waals surface area contributed by atoms with Crippen LogP contribution in [0.15, 0.2) is 52.3 Å². The lowest BCUT2D eigenvalue weighted by Gasteiger charge is -2.27. The van der Waals surface area contributed by atoms with Gasteiger partial charge in [-0.25, -0.2) is 25.3 Å². The van der Waals surface area contributed by atoms with Crippen LogP contribution in [0, 0.1) is 0 Å². The van der Waals surface area contributed by atoms with Crippen LogP contribution in [-0.2, 0) is 39.6 Å². The molecular formula is C25H34N4O9S3. The van der Waals surface area contributed by atoms with Crippen LogP contribution < -0.4 is 14.4 Å². The van der Waals surface area contributed by atoms with Crippen LogP contribution in [0.3, 0.4) is 0 Å². The van der Waals surface area contributed by atoms with Crippen molar-refractivity contribution in [2.24, 2.45) is 0 Å². The Balaban J connectivity index is 1.54. The molecular weight excluding hydrogens is 596 g/mol. The molecule has 0 atom stereocenters. The lowest BCUT2D eigenvalue weighted by atomic mass is 10.2. The summed E-state index contributed by atoms with van der Waals surface area (Å²) in [6.45, 7) is 1.16. The molecule has 0 saturated carbocycles. The number of nitrogens with one attached hydrogen (secondary N) is 1. The number of anilines is 2. The van der Waals surface area contributed by atoms with Gasteiger partial charge in [-0.1, -0.05) is 6.42 Å². The molecule has 0 radical (unpaired) electrons. The average Bonchev–Trinajstić information content (AvgIpc) is 2.96. The minimum Gasteiger partial charge on any atom is -0.495 e. The topological polar surface area (TPSA) is 160 Å². The summed E-state index contributed by atoms with van der Waals surface area (Å²) in [7, 11) is -10.2. The van der Waals surface area contributed by atoms with Gasteiger partial charge in [0.2, 0.25) is 36.0 Å². The predicted octanol–water partition coefficient (Wildman–Crippen LogP) is 1.30. The first-order chi connectivity index (χ1) is 19.3. The summed E-state index contributed by atoms with van der Waals surface area (Å²) in [5.74, 6) is -0.564. The molecule has 0 aliphatic carbocycles. The Morgan fingerprint density at radius 2 is 1.41 bits per heavy atom. The van der Waals surface area contributed by atoms with E-state index < -0.39 is 42.5 Å². The van der Waals surface area contributed by atoms with Crippen LogP contribution in [-0.4, -0.2) is 99.1 Å². The third-order valence-corrected chi connectivity index (χ3v) is 11.8. The van der Waals surface area contributed by atoms with Gasteiger partial charge in [0.25, 0.3) is 0 Å². The Bertz CT molecular complexity index is 1570. The van der Waals surface area contributed by atoms with E-state index in [0.29, 0.717) is 13.1 Å². The van der Waals surface area contributed by atoms with Gasteiger partial charge in [-0.2, -0.15) is 8.61 Å². The number of morpholine rings is 1. The molecule has 41 heavy (non-hydrogen) atoms. The van der Waals surface area contributed by atoms with Crippen molar-refractivity contribution in [2.75, 3.05) is 68.9 Å². The Kier molecular flexibility index (Phi) is 9.60. The maximum Gasteiger partial charge on any atom is 0.245 e. The van der Waals surface area contributed by atoms with Crippen molar-refractivity contribution in [3.8, 4) is 5.75 Å². The highest BCUT2D eigenvalue weighted by atomic mass is 32.2. The molecule has 2 aliphatic rings. The number of hydrogen-bond acceptors (Lipinski definition) is 9. The van der Waals surface area contributed by atoms with Gasteiger partial charge in [-0.15, -0.1) is 0 Å². The van der Waals surface area contributed by atoms with E-state index in [1.807, 2.05) is 0 Å². The summed E-state index contributed by atoms with van der Waals surface area (Å²) in [6, 6.07) is 9.31. The summed E-state index contributed by atoms with van der Waals surface area (Å²) in [6.07, 6.45) is 3.41. The maximum atomic E-state index is 13.2. The van der Waals surface area contributed by atoms with Gasteiger partial charge in [-0.05, 0) is 55.3 Å². The fourth-order valence-electron chi connectivity index (χ4n) is 4.64. The van der Waals surface area contributed by atoms with Gasteiger partial charge < -0.3 is 14.8 Å². The Hall–Kier alpha value is -2.76. The fourth-order valence-corrected chi connectivity index (χ4v) is 8.45. The fraction of sp³-hybridized carbons (Fsp3) is 0.480. The van der Waals surface area contributed by atoms with Crippen molar-refractivity contribution < 1.29 is 39.5 Å². The van der Waals surface area contributed by atoms with E-state index in [4.69, 9.17) is 9.47 Å². The van der Waals surface area contributed by atoms with Gasteiger partial charge in [0.05, 0.1) is 47.7 Å². The summed E-state index contributed by atoms with van der Waals surface area (Å²) < 4.78 is 91.4. The average molecular weight is 631 g/mol. The molecule has 2 fully saturated rings. The molecule has 13 nitrogen and oxygen atoms in total. The first-order valence-corrected chi connectivity index (χ1v) is 17.7. The van der Waals surface area contributed by atoms with E-state index in [9.17, 15) is 30.0 Å². The Labute approximate surface area is 241 Å². The van der Waals surface area contributed by atoms with Gasteiger partial charge in [0, 0.05) is 26.2 Å². The third-order valence-electron chi connectivity index (χ3n) is 6.82. The van der Waals surface area contributed by atoms with Crippen molar-refractivity contribution in [2.45, 2.75) is 29.1 Å². The van der Waals surface area contributed by atoms with Gasteiger partial charge in [-0.3, -0.25) is 9.10 Å². The van der Waals surface area contributed by atoms with Crippen molar-refractivity contribution in [1.82, 2.24) is 8.61 Å². The highest BCUT2D eigenvalue weighted by molar-refractivity contribution is 7.92. The molecule has 0 bridgehead atoms. The van der Waals surface area contributed by atoms with Crippen LogP contribution in [0.25, 0.3) is 0 Å². The maximum absolute atomic E-state index is 13.2. The van der Waals surface area contributed by atoms with E-state index in [-0.39, 0.29) is 53.2 Å². The minimum atomic E-state index is -3.97. The highest BCUT2D eigenvalue weighted by Crippen LogP contribution is 2.30. The van der Waals surface area contributed by atoms with E-state index in [2.05, 4.69) is 5.32 Å². The summed E-state index contributed by atoms with van der Waals surface area (Å²) in [5.41, 5.74) is 0.146. The minimum absolute atomic E-state index is 0.0162. The first-order valence-electron chi connectivity index (χ1n) is 13.0. The molecule has 2 saturated heterocycles. The number of benzene rings is 2. The second-order valence-electron chi connectivity index (χ2n) is 9.66. The SMILES string of the molecule is COc1ccc(S(=O)(=O)N2CCCCC2)cc1NC(=O)CN(c1ccc(S(=O)(=O)N2CCOCC2)cc1)S(C)(=O)=O. The molecule has 1 amide bonds. The smallest absolute Gasteiger partial charge is 0.245 e. The molecule has 0 spiro atoms. The number of amides is 1. The molecule has 2 heterocycles. The molecule has 2 aromatic carbocycles. The van der Waals surface area contributed by atoms with E-state index in [0.717, 1.165) is 29.8 Å². The van der Waals surface area contributed by atoms with Gasteiger partial charge >= 0.3 is 0 Å². The lowest BCUT2D eigenvalue weighted by molar-refractivity contribution is -0.114. The second-order valence-corrected chi connectivity index (χ2v) is 15.4. The summed E-state index contributed by atoms with van der Waals surface area (Å²) in [5, 5.41) is 2.56. The van der Waals surface area contributed by atoms with Gasteiger partial charge in [0.15, 0.2) is 0 Å². The summed E-state index contributed by atoms with van der Waals surface area (Å²) >= 11 is 0. The Morgan fingerprint density at radius 3 is 2.00 bits per heavy atom. The van der Waals surface area contributed by atoms with Crippen LogP contribution in [0.2, 0.25) is 0 Å². The number of piperidine rings is 1. The molecule has 16 heteroatoms. The zero-order chi connectivity index (χ0) is 29.8. The second kappa shape index (κ2) is 12.6. The monoisotopic (exact) mass is 630 g/mol. The van der Waals surface area contributed by atoms with Crippen molar-refractivity contribution >= 4 is 47.4 Å². The van der Waals surface area contributed by atoms with Crippen LogP contribution in [0.4, 0.5) is 11.4 Å². The number of carbonyl (C=O) groups is 1. The number of ether oxygens (including phenoxy) is 2. The largest absolute Gasteiger partial charge is 0.495 e. The zero-order valence-corrected chi connectivity index (χ0v) is 25.3. The molecule has 2 aromatic rings. The zero-order valence-electron chi connectivity index (χ0n) is 22.9. The van der Waals surface area contributed by atoms with Crippen LogP contribution in [0.5, 0.6) is 5.75 Å². The van der Waals surface area contributed by atoms with Crippen molar-refractivity contribution in [1.29, 1.82) is 0 Å². The number of sulfonamides is 3. The number of methoxy groups -OCH3 is 1. The number of hydrogen-bond donors (Lipinski definition) is 1. The third kappa shape index (κ3) is 7.18. The molecule has 1 N–H and O–H groups in total. The molecule has 0 unspecified atom stereocenters. The van der Waals surface area contributed by atoms with Crippen molar-refractivity contribution in [3.63, 3.8) is 0 Å². The molecule has 4 rings (SSSR count). The van der Waals surface area contributed by atoms with E-state index >= 15 is 0 Å². The summed E-state index contributed by atoms with van der Waals surface area (Å²) in [4.78, 5) is 13.0. The van der Waals surface area contributed by atoms with E-state index in [1.54, 1.807) is 0 Å². The van der Waals surface area contributed by atoms with E-state index in [1.165, 1.54) is 58.2 Å². The quantitative estimate of drug-likeness (QED) is 0.408.